The molecular weight excluding hydrogens is 280 g/mol. The minimum atomic E-state index is -1.08. The third-order valence-electron chi connectivity index (χ3n) is 4.13. The highest BCUT2D eigenvalue weighted by molar-refractivity contribution is 8.33. The van der Waals surface area contributed by atoms with Crippen molar-refractivity contribution >= 4 is 10.0 Å². The maximum Gasteiger partial charge on any atom is 0.0891 e. The molecular formula is C18H20O2S. The Labute approximate surface area is 127 Å². The van der Waals surface area contributed by atoms with Crippen LogP contribution in [0, 0.1) is 0 Å². The summed E-state index contributed by atoms with van der Waals surface area (Å²) in [6.07, 6.45) is 0.860. The molecule has 0 saturated carbocycles. The number of benzene rings is 2. The van der Waals surface area contributed by atoms with Gasteiger partial charge in [0.25, 0.3) is 0 Å². The summed E-state index contributed by atoms with van der Waals surface area (Å²) in [4.78, 5) is 2.92. The van der Waals surface area contributed by atoms with Gasteiger partial charge in [0.15, 0.2) is 0 Å². The van der Waals surface area contributed by atoms with Crippen molar-refractivity contribution < 1.29 is 9.47 Å². The lowest BCUT2D eigenvalue weighted by atomic mass is 10.4. The van der Waals surface area contributed by atoms with Gasteiger partial charge in [-0.1, -0.05) is 36.4 Å². The lowest BCUT2D eigenvalue weighted by molar-refractivity contribution is 0.421. The normalized spacial score (nSPS) is 24.6. The highest BCUT2D eigenvalue weighted by Crippen LogP contribution is 2.64. The van der Waals surface area contributed by atoms with Crippen molar-refractivity contribution in [1.29, 1.82) is 0 Å². The summed E-state index contributed by atoms with van der Waals surface area (Å²) in [5.74, 6) is 2.25. The fourth-order valence-electron chi connectivity index (χ4n) is 2.91. The standard InChI is InChI=1S/C18H20O2S/c1-3-7-17(8-4-1)21(13-15-11-19-15,14-16-12-20-16)18-9-5-2-6-10-18/h1-10,15-16H,11-14H2. The SMILES string of the molecule is c1ccc(S(CC2CO2)(CC2CO2)c2ccccc2)cc1. The van der Waals surface area contributed by atoms with E-state index in [9.17, 15) is 0 Å². The van der Waals surface area contributed by atoms with E-state index in [1.807, 2.05) is 0 Å². The van der Waals surface area contributed by atoms with E-state index >= 15 is 0 Å². The maximum atomic E-state index is 5.59. The molecule has 0 bridgehead atoms. The monoisotopic (exact) mass is 300 g/mol. The van der Waals surface area contributed by atoms with Crippen LogP contribution >= 0.6 is 10.0 Å². The molecule has 0 aliphatic carbocycles. The van der Waals surface area contributed by atoms with Gasteiger partial charge in [-0.05, 0) is 34.1 Å². The third-order valence-corrected chi connectivity index (χ3v) is 8.37. The van der Waals surface area contributed by atoms with Crippen molar-refractivity contribution in [2.75, 3.05) is 24.7 Å². The minimum Gasteiger partial charge on any atom is -0.372 e. The highest BCUT2D eigenvalue weighted by Gasteiger charge is 2.41. The topological polar surface area (TPSA) is 25.1 Å². The van der Waals surface area contributed by atoms with E-state index in [1.54, 1.807) is 0 Å². The number of epoxide rings is 2. The van der Waals surface area contributed by atoms with E-state index in [0.717, 1.165) is 24.7 Å². The predicted molar refractivity (Wildman–Crippen MR) is 86.2 cm³/mol. The molecule has 2 aromatic rings. The Hall–Kier alpha value is -1.29. The summed E-state index contributed by atoms with van der Waals surface area (Å²) < 4.78 is 11.2. The molecule has 2 aliphatic rings. The van der Waals surface area contributed by atoms with Crippen molar-refractivity contribution in [3.63, 3.8) is 0 Å². The van der Waals surface area contributed by atoms with Gasteiger partial charge in [-0.3, -0.25) is 0 Å². The van der Waals surface area contributed by atoms with Gasteiger partial charge in [-0.15, -0.1) is 0 Å². The molecule has 2 nitrogen and oxygen atoms in total. The number of rotatable bonds is 6. The Morgan fingerprint density at radius 1 is 0.714 bits per heavy atom. The molecule has 0 radical (unpaired) electrons. The maximum absolute atomic E-state index is 5.59. The van der Waals surface area contributed by atoms with Crippen LogP contribution in [0.4, 0.5) is 0 Å². The van der Waals surface area contributed by atoms with Gasteiger partial charge in [0.05, 0.1) is 25.4 Å². The minimum absolute atomic E-state index is 0.430. The molecule has 2 aromatic carbocycles. The summed E-state index contributed by atoms with van der Waals surface area (Å²) in [5, 5.41) is 0. The quantitative estimate of drug-likeness (QED) is 0.760. The Balaban J connectivity index is 1.80. The molecule has 0 spiro atoms. The molecule has 2 unspecified atom stereocenters. The molecule has 0 N–H and O–H groups in total. The van der Waals surface area contributed by atoms with Crippen LogP contribution in [0.1, 0.15) is 0 Å². The summed E-state index contributed by atoms with van der Waals surface area (Å²) in [7, 11) is -1.08. The molecule has 2 heterocycles. The summed E-state index contributed by atoms with van der Waals surface area (Å²) in [6.45, 7) is 1.83. The van der Waals surface area contributed by atoms with Gasteiger partial charge < -0.3 is 9.47 Å². The third kappa shape index (κ3) is 2.86. The van der Waals surface area contributed by atoms with Crippen LogP contribution in [0.3, 0.4) is 0 Å². The smallest absolute Gasteiger partial charge is 0.0891 e. The van der Waals surface area contributed by atoms with Gasteiger partial charge >= 0.3 is 0 Å². The molecule has 4 rings (SSSR count). The van der Waals surface area contributed by atoms with Crippen molar-refractivity contribution in [2.24, 2.45) is 0 Å². The average Bonchev–Trinajstić information content (AvgIpc) is 3.45. The molecule has 0 amide bonds. The van der Waals surface area contributed by atoms with Crippen LogP contribution in [-0.2, 0) is 9.47 Å². The van der Waals surface area contributed by atoms with E-state index in [-0.39, 0.29) is 0 Å². The number of ether oxygens (including phenoxy) is 2. The van der Waals surface area contributed by atoms with Gasteiger partial charge in [0, 0.05) is 11.5 Å². The zero-order valence-electron chi connectivity index (χ0n) is 12.0. The number of hydrogen-bond donors (Lipinski definition) is 0. The molecule has 3 heteroatoms. The molecule has 110 valence electrons. The highest BCUT2D eigenvalue weighted by atomic mass is 32.3. The summed E-state index contributed by atoms with van der Waals surface area (Å²) in [5.41, 5.74) is 0. The fraction of sp³-hybridized carbons (Fsp3) is 0.333. The Morgan fingerprint density at radius 3 is 1.43 bits per heavy atom. The van der Waals surface area contributed by atoms with E-state index in [1.165, 1.54) is 9.79 Å². The van der Waals surface area contributed by atoms with Crippen LogP contribution in [0.25, 0.3) is 0 Å². The van der Waals surface area contributed by atoms with Crippen LogP contribution in [0.15, 0.2) is 70.5 Å². The van der Waals surface area contributed by atoms with Gasteiger partial charge in [0.1, 0.15) is 0 Å². The van der Waals surface area contributed by atoms with Crippen LogP contribution in [0.2, 0.25) is 0 Å². The first-order valence-corrected chi connectivity index (χ1v) is 9.46. The van der Waals surface area contributed by atoms with E-state index in [0.29, 0.717) is 12.2 Å². The second kappa shape index (κ2) is 5.48. The lowest BCUT2D eigenvalue weighted by Crippen LogP contribution is -2.18. The van der Waals surface area contributed by atoms with E-state index < -0.39 is 10.0 Å². The molecule has 0 aromatic heterocycles. The second-order valence-electron chi connectivity index (χ2n) is 5.75. The van der Waals surface area contributed by atoms with Gasteiger partial charge in [0.2, 0.25) is 0 Å². The van der Waals surface area contributed by atoms with Gasteiger partial charge in [-0.25, -0.2) is 0 Å². The zero-order valence-corrected chi connectivity index (χ0v) is 12.8. The summed E-state index contributed by atoms with van der Waals surface area (Å²) >= 11 is 0. The average molecular weight is 300 g/mol. The molecule has 2 fully saturated rings. The first-order chi connectivity index (χ1) is 10.4. The van der Waals surface area contributed by atoms with E-state index in [4.69, 9.17) is 9.47 Å². The second-order valence-corrected chi connectivity index (χ2v) is 9.13. The van der Waals surface area contributed by atoms with Crippen LogP contribution < -0.4 is 0 Å². The first-order valence-electron chi connectivity index (χ1n) is 7.49. The van der Waals surface area contributed by atoms with Gasteiger partial charge in [-0.2, -0.15) is 10.0 Å². The Kier molecular flexibility index (Phi) is 3.49. The fourth-order valence-corrected chi connectivity index (χ4v) is 7.10. The van der Waals surface area contributed by atoms with Crippen molar-refractivity contribution in [2.45, 2.75) is 22.0 Å². The lowest BCUT2D eigenvalue weighted by Gasteiger charge is -2.40. The first kappa shape index (κ1) is 13.4. The van der Waals surface area contributed by atoms with Crippen LogP contribution in [0.5, 0.6) is 0 Å². The number of hydrogen-bond acceptors (Lipinski definition) is 2. The molecule has 2 aliphatic heterocycles. The Morgan fingerprint density at radius 2 is 1.10 bits per heavy atom. The largest absolute Gasteiger partial charge is 0.372 e. The summed E-state index contributed by atoms with van der Waals surface area (Å²) in [6, 6.07) is 22.0. The molecule has 2 saturated heterocycles. The predicted octanol–water partition coefficient (Wildman–Crippen LogP) is 3.71. The zero-order chi connectivity index (χ0) is 14.1. The molecule has 21 heavy (non-hydrogen) atoms. The van der Waals surface area contributed by atoms with Crippen LogP contribution in [-0.4, -0.2) is 36.9 Å². The van der Waals surface area contributed by atoms with Crippen molar-refractivity contribution in [1.82, 2.24) is 0 Å². The van der Waals surface area contributed by atoms with Crippen molar-refractivity contribution in [3.8, 4) is 0 Å². The Bertz CT molecular complexity index is 536. The molecule has 2 atom stereocenters. The van der Waals surface area contributed by atoms with E-state index in [2.05, 4.69) is 60.7 Å². The van der Waals surface area contributed by atoms with Crippen molar-refractivity contribution in [3.05, 3.63) is 60.7 Å².